The van der Waals surface area contributed by atoms with E-state index in [0.29, 0.717) is 18.8 Å². The highest BCUT2D eigenvalue weighted by atomic mass is 16.4. The maximum Gasteiger partial charge on any atom is 0.321 e. The Bertz CT molecular complexity index is 344. The molecule has 0 bridgehead atoms. The smallest absolute Gasteiger partial charge is 0.321 e. The lowest BCUT2D eigenvalue weighted by Crippen LogP contribution is -2.40. The molecule has 2 atom stereocenters. The summed E-state index contributed by atoms with van der Waals surface area (Å²) in [5.41, 5.74) is 0. The summed E-state index contributed by atoms with van der Waals surface area (Å²) in [4.78, 5) is 33.1. The third-order valence-corrected chi connectivity index (χ3v) is 3.20. The van der Waals surface area contributed by atoms with Crippen LogP contribution in [-0.2, 0) is 9.59 Å². The predicted molar refractivity (Wildman–Crippen MR) is 69.6 cm³/mol. The van der Waals surface area contributed by atoms with E-state index in [4.69, 9.17) is 5.11 Å². The van der Waals surface area contributed by atoms with Crippen molar-refractivity contribution in [3.05, 3.63) is 0 Å². The molecule has 3 N–H and O–H groups in total. The summed E-state index contributed by atoms with van der Waals surface area (Å²) in [6.45, 7) is 2.11. The summed E-state index contributed by atoms with van der Waals surface area (Å²) < 4.78 is 0. The number of unbranched alkanes of at least 4 members (excludes halogenated alkanes) is 1. The maximum absolute atomic E-state index is 11.5. The highest BCUT2D eigenvalue weighted by Gasteiger charge is 2.37. The Labute approximate surface area is 112 Å². The van der Waals surface area contributed by atoms with Crippen molar-refractivity contribution in [3.8, 4) is 0 Å². The lowest BCUT2D eigenvalue weighted by Gasteiger charge is -2.06. The van der Waals surface area contributed by atoms with E-state index in [1.165, 1.54) is 0 Å². The molecule has 0 aliphatic heterocycles. The van der Waals surface area contributed by atoms with Gasteiger partial charge < -0.3 is 10.4 Å². The van der Waals surface area contributed by atoms with E-state index in [1.807, 2.05) is 0 Å². The van der Waals surface area contributed by atoms with Gasteiger partial charge in [-0.05, 0) is 31.6 Å². The second kappa shape index (κ2) is 7.76. The summed E-state index contributed by atoms with van der Waals surface area (Å²) in [5.74, 6) is -0.661. The maximum atomic E-state index is 11.5. The molecule has 6 heteroatoms. The predicted octanol–water partition coefficient (Wildman–Crippen LogP) is 1.65. The minimum atomic E-state index is -0.867. The number of hydrogen-bond donors (Lipinski definition) is 3. The molecule has 0 spiro atoms. The van der Waals surface area contributed by atoms with E-state index < -0.39 is 12.0 Å². The summed E-state index contributed by atoms with van der Waals surface area (Å²) in [7, 11) is 0. The average molecular weight is 270 g/mol. The van der Waals surface area contributed by atoms with Crippen molar-refractivity contribution in [2.24, 2.45) is 5.92 Å². The molecule has 0 aromatic carbocycles. The quantitative estimate of drug-likeness (QED) is 0.584. The minimum absolute atomic E-state index is 0.0558. The number of rotatable bonds is 8. The Kier molecular flexibility index (Phi) is 6.32. The summed E-state index contributed by atoms with van der Waals surface area (Å²) in [5, 5.41) is 13.5. The Morgan fingerprint density at radius 1 is 1.21 bits per heavy atom. The molecule has 0 saturated heterocycles. The monoisotopic (exact) mass is 270 g/mol. The lowest BCUT2D eigenvalue weighted by atomic mass is 10.2. The Morgan fingerprint density at radius 2 is 1.89 bits per heavy atom. The van der Waals surface area contributed by atoms with Gasteiger partial charge >= 0.3 is 12.0 Å². The molecule has 1 saturated carbocycles. The number of urea groups is 1. The van der Waals surface area contributed by atoms with Gasteiger partial charge in [0.15, 0.2) is 0 Å². The van der Waals surface area contributed by atoms with Gasteiger partial charge in [-0.2, -0.15) is 0 Å². The molecule has 0 radical (unpaired) electrons. The fourth-order valence-electron chi connectivity index (χ4n) is 2.07. The van der Waals surface area contributed by atoms with Crippen LogP contribution in [0.25, 0.3) is 0 Å². The zero-order valence-corrected chi connectivity index (χ0v) is 11.3. The highest BCUT2D eigenvalue weighted by Crippen LogP contribution is 2.34. The van der Waals surface area contributed by atoms with Crippen LogP contribution in [0.4, 0.5) is 4.79 Å². The van der Waals surface area contributed by atoms with Crippen LogP contribution in [-0.4, -0.2) is 29.1 Å². The van der Waals surface area contributed by atoms with E-state index in [1.54, 1.807) is 0 Å². The first-order valence-electron chi connectivity index (χ1n) is 6.85. The van der Waals surface area contributed by atoms with Crippen LogP contribution >= 0.6 is 0 Å². The molecule has 2 unspecified atom stereocenters. The number of carboxylic acid groups (broad SMARTS) is 1. The van der Waals surface area contributed by atoms with E-state index in [-0.39, 0.29) is 24.8 Å². The van der Waals surface area contributed by atoms with Crippen LogP contribution in [0.2, 0.25) is 0 Å². The molecule has 19 heavy (non-hydrogen) atoms. The molecule has 1 rings (SSSR count). The Hall–Kier alpha value is -1.59. The molecule has 0 heterocycles. The summed E-state index contributed by atoms with van der Waals surface area (Å²) in [6.07, 6.45) is 4.37. The minimum Gasteiger partial charge on any atom is -0.481 e. The Morgan fingerprint density at radius 3 is 2.53 bits per heavy atom. The van der Waals surface area contributed by atoms with Gasteiger partial charge in [-0.15, -0.1) is 0 Å². The van der Waals surface area contributed by atoms with Crippen molar-refractivity contribution in [1.29, 1.82) is 0 Å². The zero-order valence-electron chi connectivity index (χ0n) is 11.3. The number of imide groups is 1. The van der Waals surface area contributed by atoms with Gasteiger partial charge in [-0.25, -0.2) is 4.79 Å². The first-order chi connectivity index (χ1) is 9.02. The van der Waals surface area contributed by atoms with Gasteiger partial charge in [-0.1, -0.05) is 13.3 Å². The molecule has 0 aromatic rings. The molecular formula is C13H22N2O4. The second-order valence-corrected chi connectivity index (χ2v) is 5.01. The molecule has 108 valence electrons. The normalized spacial score (nSPS) is 20.7. The third-order valence-electron chi connectivity index (χ3n) is 3.20. The number of aliphatic carboxylic acids is 1. The summed E-state index contributed by atoms with van der Waals surface area (Å²) >= 11 is 0. The number of hydrogen-bond acceptors (Lipinski definition) is 3. The van der Waals surface area contributed by atoms with Crippen LogP contribution < -0.4 is 10.6 Å². The van der Waals surface area contributed by atoms with Crippen LogP contribution in [0.15, 0.2) is 0 Å². The second-order valence-electron chi connectivity index (χ2n) is 5.01. The molecule has 6 nitrogen and oxygen atoms in total. The first kappa shape index (κ1) is 15.5. The van der Waals surface area contributed by atoms with Crippen molar-refractivity contribution in [2.75, 3.05) is 0 Å². The number of carbonyl (C=O) groups is 3. The van der Waals surface area contributed by atoms with E-state index in [2.05, 4.69) is 17.6 Å². The van der Waals surface area contributed by atoms with Crippen molar-refractivity contribution >= 4 is 17.9 Å². The third kappa shape index (κ3) is 6.79. The van der Waals surface area contributed by atoms with Gasteiger partial charge in [0.2, 0.25) is 5.91 Å². The van der Waals surface area contributed by atoms with Gasteiger partial charge in [0.1, 0.15) is 0 Å². The molecular weight excluding hydrogens is 248 g/mol. The topological polar surface area (TPSA) is 95.5 Å². The molecule has 1 fully saturated rings. The molecule has 1 aliphatic rings. The zero-order chi connectivity index (χ0) is 14.3. The fraction of sp³-hybridized carbons (Fsp3) is 0.769. The van der Waals surface area contributed by atoms with Gasteiger partial charge in [0.25, 0.3) is 0 Å². The molecule has 0 aromatic heterocycles. The molecule has 1 aliphatic carbocycles. The van der Waals surface area contributed by atoms with Crippen molar-refractivity contribution in [2.45, 2.75) is 57.9 Å². The van der Waals surface area contributed by atoms with Crippen molar-refractivity contribution in [3.63, 3.8) is 0 Å². The van der Waals surface area contributed by atoms with Gasteiger partial charge in [-0.3, -0.25) is 14.9 Å². The van der Waals surface area contributed by atoms with E-state index >= 15 is 0 Å². The van der Waals surface area contributed by atoms with E-state index in [0.717, 1.165) is 19.3 Å². The number of carboxylic acids is 1. The van der Waals surface area contributed by atoms with E-state index in [9.17, 15) is 14.4 Å². The molecule has 3 amide bonds. The van der Waals surface area contributed by atoms with Crippen LogP contribution in [0.5, 0.6) is 0 Å². The van der Waals surface area contributed by atoms with Crippen molar-refractivity contribution < 1.29 is 19.5 Å². The van der Waals surface area contributed by atoms with Crippen LogP contribution in [0, 0.1) is 5.92 Å². The number of amides is 3. The van der Waals surface area contributed by atoms with Crippen LogP contribution in [0.3, 0.4) is 0 Å². The first-order valence-corrected chi connectivity index (χ1v) is 6.85. The standard InChI is InChI=1S/C13H22N2O4/c1-2-5-9-8-10(9)14-13(19)15-11(16)6-3-4-7-12(17)18/h9-10H,2-8H2,1H3,(H,17,18)(H2,14,15,16,19). The van der Waals surface area contributed by atoms with Gasteiger partial charge in [0.05, 0.1) is 0 Å². The number of nitrogens with one attached hydrogen (secondary N) is 2. The summed E-state index contributed by atoms with van der Waals surface area (Å²) in [6, 6.07) is -0.230. The average Bonchev–Trinajstić information content (AvgIpc) is 3.02. The Balaban J connectivity index is 2.05. The largest absolute Gasteiger partial charge is 0.481 e. The highest BCUT2D eigenvalue weighted by molar-refractivity contribution is 5.94. The fourth-order valence-corrected chi connectivity index (χ4v) is 2.07. The lowest BCUT2D eigenvalue weighted by molar-refractivity contribution is -0.137. The number of carbonyl (C=O) groups excluding carboxylic acids is 2. The van der Waals surface area contributed by atoms with Gasteiger partial charge in [0, 0.05) is 18.9 Å². The van der Waals surface area contributed by atoms with Crippen molar-refractivity contribution in [1.82, 2.24) is 10.6 Å². The SMILES string of the molecule is CCCC1CC1NC(=O)NC(=O)CCCCC(=O)O. The van der Waals surface area contributed by atoms with Crippen LogP contribution in [0.1, 0.15) is 51.9 Å².